The number of hydrogen-bond donors (Lipinski definition) is 2. The van der Waals surface area contributed by atoms with Crippen molar-refractivity contribution in [1.82, 2.24) is 0 Å². The second-order valence-corrected chi connectivity index (χ2v) is 5.36. The normalized spacial score (nSPS) is 11.9. The summed E-state index contributed by atoms with van der Waals surface area (Å²) in [6.45, 7) is 4.98. The lowest BCUT2D eigenvalue weighted by Gasteiger charge is -2.19. The highest BCUT2D eigenvalue weighted by atomic mass is 16.1. The molecule has 1 aromatic rings. The van der Waals surface area contributed by atoms with Gasteiger partial charge in [0.25, 0.3) is 0 Å². The molecule has 0 saturated heterocycles. The average molecular weight is 273 g/mol. The Labute approximate surface area is 121 Å². The summed E-state index contributed by atoms with van der Waals surface area (Å²) < 4.78 is 0. The molecular weight excluding hydrogens is 250 g/mol. The number of carbonyl (C=O) groups excluding carboxylic acids is 1. The summed E-state index contributed by atoms with van der Waals surface area (Å²) in [5, 5.41) is 11.6. The number of benzene rings is 1. The van der Waals surface area contributed by atoms with Crippen LogP contribution in [0.25, 0.3) is 0 Å². The molecule has 108 valence electrons. The molecule has 0 bridgehead atoms. The minimum atomic E-state index is -0.0113. The van der Waals surface area contributed by atoms with Gasteiger partial charge in [-0.2, -0.15) is 5.26 Å². The highest BCUT2D eigenvalue weighted by Crippen LogP contribution is 2.21. The van der Waals surface area contributed by atoms with E-state index in [0.717, 1.165) is 12.8 Å². The number of nitriles is 1. The van der Waals surface area contributed by atoms with Gasteiger partial charge in [-0.3, -0.25) is 4.79 Å². The molecule has 0 aliphatic heterocycles. The van der Waals surface area contributed by atoms with Gasteiger partial charge >= 0.3 is 0 Å². The lowest BCUT2D eigenvalue weighted by atomic mass is 9.88. The number of amides is 1. The van der Waals surface area contributed by atoms with Gasteiger partial charge in [-0.15, -0.1) is 0 Å². The number of anilines is 1. The maximum Gasteiger partial charge on any atom is 0.224 e. The molecule has 0 heterocycles. The molecular formula is C16H23N3O. The highest BCUT2D eigenvalue weighted by Gasteiger charge is 2.14. The zero-order valence-electron chi connectivity index (χ0n) is 12.2. The fraction of sp³-hybridized carbons (Fsp3) is 0.500. The van der Waals surface area contributed by atoms with E-state index in [1.165, 1.54) is 0 Å². The quantitative estimate of drug-likeness (QED) is 0.801. The van der Waals surface area contributed by atoms with Crippen molar-refractivity contribution in [1.29, 1.82) is 5.26 Å². The summed E-state index contributed by atoms with van der Waals surface area (Å²) in [5.74, 6) is 1.01. The molecule has 1 unspecified atom stereocenters. The number of nitrogens with zero attached hydrogens (tertiary/aromatic N) is 1. The van der Waals surface area contributed by atoms with Crippen LogP contribution in [0.15, 0.2) is 24.3 Å². The van der Waals surface area contributed by atoms with Gasteiger partial charge in [0.05, 0.1) is 11.6 Å². The van der Waals surface area contributed by atoms with E-state index in [1.54, 1.807) is 24.3 Å². The molecule has 1 aromatic carbocycles. The summed E-state index contributed by atoms with van der Waals surface area (Å²) in [5.41, 5.74) is 6.82. The summed E-state index contributed by atoms with van der Waals surface area (Å²) in [4.78, 5) is 11.9. The van der Waals surface area contributed by atoms with Crippen LogP contribution in [-0.4, -0.2) is 12.5 Å². The predicted molar refractivity (Wildman–Crippen MR) is 81.0 cm³/mol. The molecule has 0 saturated carbocycles. The van der Waals surface area contributed by atoms with Crippen LogP contribution in [0.4, 0.5) is 5.69 Å². The Hall–Kier alpha value is -1.86. The molecule has 1 rings (SSSR count). The van der Waals surface area contributed by atoms with Gasteiger partial charge in [-0.25, -0.2) is 0 Å². The van der Waals surface area contributed by atoms with Gasteiger partial charge in [-0.1, -0.05) is 19.9 Å². The molecule has 1 amide bonds. The van der Waals surface area contributed by atoms with Crippen molar-refractivity contribution in [2.24, 2.45) is 17.6 Å². The topological polar surface area (TPSA) is 78.9 Å². The Morgan fingerprint density at radius 2 is 2.15 bits per heavy atom. The summed E-state index contributed by atoms with van der Waals surface area (Å²) in [7, 11) is 0. The summed E-state index contributed by atoms with van der Waals surface area (Å²) in [6.07, 6.45) is 2.28. The molecule has 0 aromatic heterocycles. The minimum absolute atomic E-state index is 0.0113. The van der Waals surface area contributed by atoms with E-state index in [0.29, 0.717) is 36.1 Å². The van der Waals surface area contributed by atoms with Crippen LogP contribution in [0.3, 0.4) is 0 Å². The molecule has 0 radical (unpaired) electrons. The van der Waals surface area contributed by atoms with Gasteiger partial charge in [0.2, 0.25) is 5.91 Å². The van der Waals surface area contributed by atoms with Gasteiger partial charge in [-0.05, 0) is 49.4 Å². The zero-order chi connectivity index (χ0) is 15.0. The molecule has 0 spiro atoms. The van der Waals surface area contributed by atoms with Gasteiger partial charge in [0.15, 0.2) is 0 Å². The Morgan fingerprint density at radius 1 is 1.40 bits per heavy atom. The van der Waals surface area contributed by atoms with Gasteiger partial charge < -0.3 is 11.1 Å². The fourth-order valence-corrected chi connectivity index (χ4v) is 2.23. The van der Waals surface area contributed by atoms with Crippen molar-refractivity contribution < 1.29 is 4.79 Å². The van der Waals surface area contributed by atoms with Crippen LogP contribution in [0.5, 0.6) is 0 Å². The molecule has 3 N–H and O–H groups in total. The molecule has 20 heavy (non-hydrogen) atoms. The van der Waals surface area contributed by atoms with Crippen molar-refractivity contribution in [3.8, 4) is 6.07 Å². The maximum absolute atomic E-state index is 11.9. The van der Waals surface area contributed by atoms with E-state index < -0.39 is 0 Å². The van der Waals surface area contributed by atoms with Crippen LogP contribution in [0.2, 0.25) is 0 Å². The van der Waals surface area contributed by atoms with E-state index in [2.05, 4.69) is 25.2 Å². The number of rotatable bonds is 7. The Balaban J connectivity index is 2.49. The first-order valence-corrected chi connectivity index (χ1v) is 7.07. The monoisotopic (exact) mass is 273 g/mol. The van der Waals surface area contributed by atoms with Gasteiger partial charge in [0.1, 0.15) is 0 Å². The standard InChI is InChI=1S/C16H23N3O/c1-12(2)14(8-9-17)6-7-16(20)19-15-5-3-4-13(10-15)11-18/h3-5,10,12,14H,6-9,17H2,1-2H3,(H,19,20). The predicted octanol–water partition coefficient (Wildman–Crippen LogP) is 2.90. The molecule has 0 aliphatic rings. The maximum atomic E-state index is 11.9. The van der Waals surface area contributed by atoms with E-state index in [9.17, 15) is 4.79 Å². The third kappa shape index (κ3) is 5.41. The lowest BCUT2D eigenvalue weighted by molar-refractivity contribution is -0.116. The second kappa shape index (κ2) is 8.34. The van der Waals surface area contributed by atoms with Crippen molar-refractivity contribution in [3.05, 3.63) is 29.8 Å². The third-order valence-corrected chi connectivity index (χ3v) is 3.50. The van der Waals surface area contributed by atoms with Gasteiger partial charge in [0, 0.05) is 12.1 Å². The number of carbonyl (C=O) groups is 1. The van der Waals surface area contributed by atoms with Crippen LogP contribution < -0.4 is 11.1 Å². The molecule has 1 atom stereocenters. The average Bonchev–Trinajstić information content (AvgIpc) is 2.43. The summed E-state index contributed by atoms with van der Waals surface area (Å²) in [6, 6.07) is 9.00. The number of nitrogens with two attached hydrogens (primary N) is 1. The number of hydrogen-bond acceptors (Lipinski definition) is 3. The van der Waals surface area contributed by atoms with Crippen molar-refractivity contribution in [2.45, 2.75) is 33.1 Å². The van der Waals surface area contributed by atoms with Crippen molar-refractivity contribution in [3.63, 3.8) is 0 Å². The minimum Gasteiger partial charge on any atom is -0.330 e. The largest absolute Gasteiger partial charge is 0.330 e. The second-order valence-electron chi connectivity index (χ2n) is 5.36. The first-order chi connectivity index (χ1) is 9.56. The van der Waals surface area contributed by atoms with Crippen molar-refractivity contribution >= 4 is 11.6 Å². The third-order valence-electron chi connectivity index (χ3n) is 3.50. The molecule has 0 fully saturated rings. The fourth-order valence-electron chi connectivity index (χ4n) is 2.23. The smallest absolute Gasteiger partial charge is 0.224 e. The summed E-state index contributed by atoms with van der Waals surface area (Å²) >= 11 is 0. The zero-order valence-corrected chi connectivity index (χ0v) is 12.2. The van der Waals surface area contributed by atoms with E-state index in [4.69, 9.17) is 11.0 Å². The van der Waals surface area contributed by atoms with Crippen molar-refractivity contribution in [2.75, 3.05) is 11.9 Å². The SMILES string of the molecule is CC(C)C(CCN)CCC(=O)Nc1cccc(C#N)c1. The first kappa shape index (κ1) is 16.2. The molecule has 4 heteroatoms. The van der Waals surface area contributed by atoms with Crippen LogP contribution in [0.1, 0.15) is 38.7 Å². The van der Waals surface area contributed by atoms with E-state index in [-0.39, 0.29) is 5.91 Å². The first-order valence-electron chi connectivity index (χ1n) is 7.07. The lowest BCUT2D eigenvalue weighted by Crippen LogP contribution is -2.18. The Kier molecular flexibility index (Phi) is 6.75. The van der Waals surface area contributed by atoms with E-state index >= 15 is 0 Å². The number of nitrogens with one attached hydrogen (secondary N) is 1. The van der Waals surface area contributed by atoms with Crippen LogP contribution >= 0.6 is 0 Å². The van der Waals surface area contributed by atoms with Crippen LogP contribution in [0, 0.1) is 23.2 Å². The van der Waals surface area contributed by atoms with E-state index in [1.807, 2.05) is 0 Å². The Morgan fingerprint density at radius 3 is 2.75 bits per heavy atom. The molecule has 4 nitrogen and oxygen atoms in total. The highest BCUT2D eigenvalue weighted by molar-refractivity contribution is 5.90. The molecule has 0 aliphatic carbocycles. The Bertz CT molecular complexity index is 477. The van der Waals surface area contributed by atoms with Crippen LogP contribution in [-0.2, 0) is 4.79 Å².